The first-order valence-corrected chi connectivity index (χ1v) is 5.70. The van der Waals surface area contributed by atoms with Crippen LogP contribution in [0.1, 0.15) is 12.5 Å². The Morgan fingerprint density at radius 2 is 2.07 bits per heavy atom. The van der Waals surface area contributed by atoms with E-state index in [2.05, 4.69) is 0 Å². The summed E-state index contributed by atoms with van der Waals surface area (Å²) < 4.78 is 5.61. The van der Waals surface area contributed by atoms with Crippen molar-refractivity contribution in [2.24, 2.45) is 11.7 Å². The van der Waals surface area contributed by atoms with Crippen molar-refractivity contribution in [3.05, 3.63) is 27.7 Å². The molecule has 4 heteroatoms. The monoisotopic (exact) mass is 245 g/mol. The van der Waals surface area contributed by atoms with Crippen LogP contribution in [-0.4, -0.2) is 12.6 Å². The standard InChI is InChI=1S/C11H13Cl2NO/c1-6(14)7-4-8-9(12)2-3-10(13)11(8)15-5-7/h2-3,6-7H,4-5,14H2,1H3. The highest BCUT2D eigenvalue weighted by Gasteiger charge is 2.26. The molecule has 2 unspecified atom stereocenters. The molecule has 82 valence electrons. The number of hydrogen-bond acceptors (Lipinski definition) is 2. The molecule has 0 saturated heterocycles. The number of ether oxygens (including phenoxy) is 1. The Balaban J connectivity index is 2.36. The van der Waals surface area contributed by atoms with Gasteiger partial charge in [-0.15, -0.1) is 0 Å². The Hall–Kier alpha value is -0.440. The molecule has 2 nitrogen and oxygen atoms in total. The summed E-state index contributed by atoms with van der Waals surface area (Å²) in [7, 11) is 0. The minimum atomic E-state index is 0.105. The normalized spacial score (nSPS) is 21.7. The van der Waals surface area contributed by atoms with Gasteiger partial charge in [-0.25, -0.2) is 0 Å². The van der Waals surface area contributed by atoms with Gasteiger partial charge in [-0.3, -0.25) is 0 Å². The van der Waals surface area contributed by atoms with Crippen molar-refractivity contribution in [2.75, 3.05) is 6.61 Å². The summed E-state index contributed by atoms with van der Waals surface area (Å²) in [6.07, 6.45) is 0.840. The van der Waals surface area contributed by atoms with Crippen LogP contribution in [0.4, 0.5) is 0 Å². The van der Waals surface area contributed by atoms with E-state index in [-0.39, 0.29) is 6.04 Å². The number of fused-ring (bicyclic) bond motifs is 1. The second-order valence-corrected chi connectivity index (χ2v) is 4.79. The fraction of sp³-hybridized carbons (Fsp3) is 0.455. The lowest BCUT2D eigenvalue weighted by atomic mass is 9.92. The maximum Gasteiger partial charge on any atom is 0.142 e. The third-order valence-electron chi connectivity index (χ3n) is 2.81. The topological polar surface area (TPSA) is 35.2 Å². The predicted octanol–water partition coefficient (Wildman–Crippen LogP) is 2.89. The molecule has 0 fully saturated rings. The minimum absolute atomic E-state index is 0.105. The summed E-state index contributed by atoms with van der Waals surface area (Å²) in [5.74, 6) is 1.04. The first-order valence-electron chi connectivity index (χ1n) is 4.95. The second kappa shape index (κ2) is 4.20. The molecule has 0 bridgehead atoms. The van der Waals surface area contributed by atoms with Crippen molar-refractivity contribution < 1.29 is 4.74 Å². The molecule has 1 aliphatic rings. The highest BCUT2D eigenvalue weighted by Crippen LogP contribution is 2.38. The van der Waals surface area contributed by atoms with Crippen LogP contribution in [0.3, 0.4) is 0 Å². The quantitative estimate of drug-likeness (QED) is 0.826. The van der Waals surface area contributed by atoms with Gasteiger partial charge in [0.25, 0.3) is 0 Å². The van der Waals surface area contributed by atoms with Gasteiger partial charge in [-0.05, 0) is 25.5 Å². The van der Waals surface area contributed by atoms with Crippen molar-refractivity contribution in [3.8, 4) is 5.75 Å². The third-order valence-corrected chi connectivity index (χ3v) is 3.46. The van der Waals surface area contributed by atoms with E-state index in [1.54, 1.807) is 12.1 Å². The maximum absolute atomic E-state index is 6.10. The van der Waals surface area contributed by atoms with Gasteiger partial charge < -0.3 is 10.5 Å². The van der Waals surface area contributed by atoms with E-state index >= 15 is 0 Å². The summed E-state index contributed by atoms with van der Waals surface area (Å²) in [4.78, 5) is 0. The van der Waals surface area contributed by atoms with Crippen molar-refractivity contribution >= 4 is 23.2 Å². The fourth-order valence-electron chi connectivity index (χ4n) is 1.77. The third kappa shape index (κ3) is 2.07. The molecule has 0 spiro atoms. The lowest BCUT2D eigenvalue weighted by Crippen LogP contribution is -2.35. The van der Waals surface area contributed by atoms with Gasteiger partial charge in [0.1, 0.15) is 5.75 Å². The van der Waals surface area contributed by atoms with E-state index in [1.807, 2.05) is 6.92 Å². The molecule has 1 aromatic rings. The Kier molecular flexibility index (Phi) is 3.10. The average molecular weight is 246 g/mol. The van der Waals surface area contributed by atoms with Gasteiger partial charge in [0.15, 0.2) is 0 Å². The van der Waals surface area contributed by atoms with Crippen LogP contribution in [0, 0.1) is 5.92 Å². The van der Waals surface area contributed by atoms with E-state index in [9.17, 15) is 0 Å². The summed E-state index contributed by atoms with van der Waals surface area (Å²) in [6.45, 7) is 2.60. The molecule has 1 aromatic carbocycles. The molecule has 2 N–H and O–H groups in total. The van der Waals surface area contributed by atoms with Crippen molar-refractivity contribution in [3.63, 3.8) is 0 Å². The van der Waals surface area contributed by atoms with Gasteiger partial charge in [0.2, 0.25) is 0 Å². The summed E-state index contributed by atoms with van der Waals surface area (Å²) in [6, 6.07) is 3.66. The molecule has 1 heterocycles. The SMILES string of the molecule is CC(N)C1COc2c(Cl)ccc(Cl)c2C1. The highest BCUT2D eigenvalue weighted by molar-refractivity contribution is 6.34. The lowest BCUT2D eigenvalue weighted by Gasteiger charge is -2.28. The van der Waals surface area contributed by atoms with Crippen LogP contribution in [0.2, 0.25) is 10.0 Å². The van der Waals surface area contributed by atoms with Crippen LogP contribution in [-0.2, 0) is 6.42 Å². The zero-order chi connectivity index (χ0) is 11.0. The smallest absolute Gasteiger partial charge is 0.142 e. The molecule has 15 heavy (non-hydrogen) atoms. The number of nitrogens with two attached hydrogens (primary N) is 1. The Morgan fingerprint density at radius 3 is 2.73 bits per heavy atom. The average Bonchev–Trinajstić information content (AvgIpc) is 2.23. The van der Waals surface area contributed by atoms with Crippen LogP contribution in [0.25, 0.3) is 0 Å². The first-order chi connectivity index (χ1) is 7.09. The van der Waals surface area contributed by atoms with E-state index in [0.29, 0.717) is 22.6 Å². The molecule has 2 rings (SSSR count). The molecule has 1 aliphatic heterocycles. The largest absolute Gasteiger partial charge is 0.491 e. The Labute approximate surface area is 99.3 Å². The van der Waals surface area contributed by atoms with Gasteiger partial charge in [0, 0.05) is 22.5 Å². The van der Waals surface area contributed by atoms with Crippen molar-refractivity contribution in [1.82, 2.24) is 0 Å². The predicted molar refractivity (Wildman–Crippen MR) is 62.8 cm³/mol. The number of hydrogen-bond donors (Lipinski definition) is 1. The Morgan fingerprint density at radius 1 is 1.40 bits per heavy atom. The van der Waals surface area contributed by atoms with Crippen LogP contribution >= 0.6 is 23.2 Å². The highest BCUT2D eigenvalue weighted by atomic mass is 35.5. The number of halogens is 2. The molecule has 0 aromatic heterocycles. The zero-order valence-corrected chi connectivity index (χ0v) is 9.98. The lowest BCUT2D eigenvalue weighted by molar-refractivity contribution is 0.204. The van der Waals surface area contributed by atoms with Crippen molar-refractivity contribution in [2.45, 2.75) is 19.4 Å². The van der Waals surface area contributed by atoms with Gasteiger partial charge in [0.05, 0.1) is 11.6 Å². The second-order valence-electron chi connectivity index (χ2n) is 3.97. The van der Waals surface area contributed by atoms with E-state index < -0.39 is 0 Å². The Bertz CT molecular complexity index is 379. The van der Waals surface area contributed by atoms with Crippen molar-refractivity contribution in [1.29, 1.82) is 0 Å². The van der Waals surface area contributed by atoms with Crippen LogP contribution in [0.15, 0.2) is 12.1 Å². The molecular formula is C11H13Cl2NO. The maximum atomic E-state index is 6.10. The first kappa shape index (κ1) is 11.1. The summed E-state index contributed by atoms with van der Waals surface area (Å²) >= 11 is 12.1. The van der Waals surface area contributed by atoms with Crippen LogP contribution in [0.5, 0.6) is 5.75 Å². The number of rotatable bonds is 1. The van der Waals surface area contributed by atoms with Gasteiger partial charge >= 0.3 is 0 Å². The molecule has 0 saturated carbocycles. The molecule has 2 atom stereocenters. The summed E-state index contributed by atoms with van der Waals surface area (Å²) in [5, 5.41) is 1.33. The minimum Gasteiger partial charge on any atom is -0.491 e. The van der Waals surface area contributed by atoms with Gasteiger partial charge in [-0.1, -0.05) is 23.2 Å². The zero-order valence-electron chi connectivity index (χ0n) is 8.47. The molecule has 0 aliphatic carbocycles. The molecule has 0 amide bonds. The fourth-order valence-corrected chi connectivity index (χ4v) is 2.23. The van der Waals surface area contributed by atoms with Gasteiger partial charge in [-0.2, -0.15) is 0 Å². The summed E-state index contributed by atoms with van der Waals surface area (Å²) in [5.41, 5.74) is 6.84. The van der Waals surface area contributed by atoms with Crippen LogP contribution < -0.4 is 10.5 Å². The van der Waals surface area contributed by atoms with E-state index in [1.165, 1.54) is 0 Å². The molecule has 0 radical (unpaired) electrons. The number of benzene rings is 1. The van der Waals surface area contributed by atoms with E-state index in [0.717, 1.165) is 17.7 Å². The molecular weight excluding hydrogens is 233 g/mol. The van der Waals surface area contributed by atoms with E-state index in [4.69, 9.17) is 33.7 Å².